The average molecular weight is 603 g/mol. The van der Waals surface area contributed by atoms with Gasteiger partial charge < -0.3 is 9.84 Å². The van der Waals surface area contributed by atoms with Crippen LogP contribution in [0.1, 0.15) is 54.5 Å². The van der Waals surface area contributed by atoms with Crippen LogP contribution in [0.25, 0.3) is 0 Å². The van der Waals surface area contributed by atoms with Gasteiger partial charge in [-0.15, -0.1) is 0 Å². The van der Waals surface area contributed by atoms with E-state index < -0.39 is 18.1 Å². The Morgan fingerprint density at radius 2 is 1.68 bits per heavy atom. The van der Waals surface area contributed by atoms with Crippen molar-refractivity contribution < 1.29 is 14.2 Å². The van der Waals surface area contributed by atoms with Crippen LogP contribution < -0.4 is 5.32 Å². The molecule has 3 unspecified atom stereocenters. The van der Waals surface area contributed by atoms with Crippen LogP contribution in [-0.2, 0) is 4.74 Å². The Kier molecular flexibility index (Phi) is 9.46. The molecule has 1 aliphatic carbocycles. The van der Waals surface area contributed by atoms with E-state index >= 15 is 0 Å². The fourth-order valence-electron chi connectivity index (χ4n) is 5.99. The van der Waals surface area contributed by atoms with E-state index in [1.54, 1.807) is 6.07 Å². The van der Waals surface area contributed by atoms with Crippen LogP contribution in [0.3, 0.4) is 0 Å². The highest BCUT2D eigenvalue weighted by Crippen LogP contribution is 2.40. The lowest BCUT2D eigenvalue weighted by atomic mass is 9.81. The summed E-state index contributed by atoms with van der Waals surface area (Å²) >= 11 is 9.72. The lowest BCUT2D eigenvalue weighted by Crippen LogP contribution is -2.43. The van der Waals surface area contributed by atoms with Crippen LogP contribution >= 0.6 is 27.5 Å². The van der Waals surface area contributed by atoms with E-state index in [4.69, 9.17) is 16.3 Å². The minimum absolute atomic E-state index is 0.00235. The van der Waals surface area contributed by atoms with E-state index in [1.807, 2.05) is 24.3 Å². The highest BCUT2D eigenvalue weighted by Gasteiger charge is 2.36. The summed E-state index contributed by atoms with van der Waals surface area (Å²) in [7, 11) is 0. The fraction of sp³-hybridized carbons (Fsp3) is 0.433. The van der Waals surface area contributed by atoms with Gasteiger partial charge in [0.25, 0.3) is 0 Å². The monoisotopic (exact) mass is 601 g/mol. The molecule has 8 heteroatoms. The van der Waals surface area contributed by atoms with Gasteiger partial charge in [-0.3, -0.25) is 15.2 Å². The molecule has 5 nitrogen and oxygen atoms in total. The molecule has 0 bridgehead atoms. The molecule has 2 aromatic carbocycles. The number of hydrogen-bond acceptors (Lipinski definition) is 5. The van der Waals surface area contributed by atoms with Crippen LogP contribution in [0, 0.1) is 11.7 Å². The lowest BCUT2D eigenvalue weighted by molar-refractivity contribution is 0.0117. The molecule has 1 aliphatic heterocycles. The summed E-state index contributed by atoms with van der Waals surface area (Å²) in [6.07, 6.45) is 4.42. The molecule has 5 atom stereocenters. The number of benzene rings is 2. The van der Waals surface area contributed by atoms with E-state index in [-0.39, 0.29) is 11.8 Å². The average Bonchev–Trinajstić information content (AvgIpc) is 3.17. The molecule has 2 N–H and O–H groups in total. The first-order valence-corrected chi connectivity index (χ1v) is 14.5. The first-order valence-electron chi connectivity index (χ1n) is 13.4. The molecule has 5 rings (SSSR count). The Labute approximate surface area is 237 Å². The summed E-state index contributed by atoms with van der Waals surface area (Å²) in [5, 5.41) is 15.9. The Hall–Kier alpha value is -1.87. The van der Waals surface area contributed by atoms with E-state index in [1.165, 1.54) is 17.8 Å². The number of rotatable bonds is 7. The van der Waals surface area contributed by atoms with Crippen molar-refractivity contribution in [2.75, 3.05) is 26.3 Å². The largest absolute Gasteiger partial charge is 0.379 e. The Morgan fingerprint density at radius 1 is 0.974 bits per heavy atom. The van der Waals surface area contributed by atoms with Gasteiger partial charge in [-0.05, 0) is 79.1 Å². The maximum atomic E-state index is 13.7. The number of nitrogens with zero attached hydrogens (tertiary/aromatic N) is 2. The predicted molar refractivity (Wildman–Crippen MR) is 152 cm³/mol. The van der Waals surface area contributed by atoms with Gasteiger partial charge in [0.1, 0.15) is 12.0 Å². The topological polar surface area (TPSA) is 57.6 Å². The molecule has 2 aliphatic rings. The number of aliphatic hydroxyl groups is 1. The number of pyridine rings is 1. The van der Waals surface area contributed by atoms with E-state index in [0.29, 0.717) is 16.8 Å². The van der Waals surface area contributed by atoms with Gasteiger partial charge in [0.2, 0.25) is 0 Å². The molecule has 2 heterocycles. The number of ether oxygens (including phenoxy) is 1. The Morgan fingerprint density at radius 3 is 2.37 bits per heavy atom. The molecule has 202 valence electrons. The number of hydrogen-bond donors (Lipinski definition) is 2. The van der Waals surface area contributed by atoms with E-state index in [0.717, 1.165) is 62.0 Å². The predicted octanol–water partition coefficient (Wildman–Crippen LogP) is 6.31. The second-order valence-electron chi connectivity index (χ2n) is 10.3. The van der Waals surface area contributed by atoms with Crippen molar-refractivity contribution in [3.05, 3.63) is 99.0 Å². The summed E-state index contributed by atoms with van der Waals surface area (Å²) in [6, 6.07) is 19.1. The molecule has 2 fully saturated rings. The molecular weight excluding hydrogens is 569 g/mol. The number of aromatic nitrogens is 1. The second kappa shape index (κ2) is 13.0. The van der Waals surface area contributed by atoms with E-state index in [2.05, 4.69) is 55.4 Å². The van der Waals surface area contributed by atoms with Crippen molar-refractivity contribution >= 4 is 27.5 Å². The van der Waals surface area contributed by atoms with Gasteiger partial charge in [0, 0.05) is 34.5 Å². The van der Waals surface area contributed by atoms with Crippen molar-refractivity contribution in [1.82, 2.24) is 15.2 Å². The summed E-state index contributed by atoms with van der Waals surface area (Å²) in [5.41, 5.74) is 2.80. The number of aliphatic hydroxyl groups excluding tert-OH is 1. The fourth-order valence-corrected chi connectivity index (χ4v) is 6.38. The van der Waals surface area contributed by atoms with E-state index in [9.17, 15) is 9.50 Å². The first-order chi connectivity index (χ1) is 18.5. The Balaban J connectivity index is 1.42. The number of halogens is 3. The zero-order valence-corrected chi connectivity index (χ0v) is 23.6. The third-order valence-electron chi connectivity index (χ3n) is 8.01. The van der Waals surface area contributed by atoms with Crippen molar-refractivity contribution in [2.24, 2.45) is 5.92 Å². The maximum Gasteiger partial charge on any atom is 0.141 e. The highest BCUT2D eigenvalue weighted by molar-refractivity contribution is 9.10. The number of nitrogens with one attached hydrogen (secondary N) is 1. The molecule has 0 amide bonds. The SMILES string of the molecule is OC(NC(c1ccc(Cl)cc1)c1ccc(F)cn1)[C@@H]1CC[C@@H](N2CCOCC2)CCC1c1ccc(Br)cc1. The third kappa shape index (κ3) is 6.82. The zero-order valence-electron chi connectivity index (χ0n) is 21.3. The van der Waals surface area contributed by atoms with Crippen molar-refractivity contribution in [3.63, 3.8) is 0 Å². The van der Waals surface area contributed by atoms with Crippen molar-refractivity contribution in [3.8, 4) is 0 Å². The zero-order chi connectivity index (χ0) is 26.5. The standard InChI is InChI=1S/C30H34BrClFN3O2/c31-22-5-1-20(2-6-22)26-12-10-25(36-15-17-38-18-16-36)11-13-27(26)30(37)35-29(21-3-7-23(32)8-4-21)28-14-9-24(33)19-34-28/h1-9,14,19,25-27,29-30,35,37H,10-13,15-18H2/t25-,26?,27+,29?,30?/m0/s1. The van der Waals surface area contributed by atoms with Crippen LogP contribution in [0.5, 0.6) is 0 Å². The van der Waals surface area contributed by atoms with Gasteiger partial charge in [0.05, 0.1) is 31.1 Å². The summed E-state index contributed by atoms with van der Waals surface area (Å²) in [5.74, 6) is -0.196. The molecule has 0 spiro atoms. The molecule has 0 radical (unpaired) electrons. The summed E-state index contributed by atoms with van der Waals surface area (Å²) < 4.78 is 20.3. The first kappa shape index (κ1) is 27.7. The highest BCUT2D eigenvalue weighted by atomic mass is 79.9. The van der Waals surface area contributed by atoms with Crippen LogP contribution in [0.4, 0.5) is 4.39 Å². The van der Waals surface area contributed by atoms with Crippen LogP contribution in [0.15, 0.2) is 71.3 Å². The van der Waals surface area contributed by atoms with Gasteiger partial charge >= 0.3 is 0 Å². The van der Waals surface area contributed by atoms with Gasteiger partial charge in [-0.2, -0.15) is 0 Å². The van der Waals surface area contributed by atoms with Gasteiger partial charge in [-0.25, -0.2) is 4.39 Å². The van der Waals surface area contributed by atoms with Gasteiger partial charge in [0.15, 0.2) is 0 Å². The molecule has 1 saturated carbocycles. The molecule has 3 aromatic rings. The minimum Gasteiger partial charge on any atom is -0.379 e. The summed E-state index contributed by atoms with van der Waals surface area (Å²) in [6.45, 7) is 3.50. The normalized spacial score (nSPS) is 24.5. The second-order valence-corrected chi connectivity index (χ2v) is 11.6. The lowest BCUT2D eigenvalue weighted by Gasteiger charge is -2.34. The quantitative estimate of drug-likeness (QED) is 0.245. The van der Waals surface area contributed by atoms with Crippen LogP contribution in [-0.4, -0.2) is 53.6 Å². The summed E-state index contributed by atoms with van der Waals surface area (Å²) in [4.78, 5) is 6.91. The smallest absolute Gasteiger partial charge is 0.141 e. The minimum atomic E-state index is -0.792. The molecule has 38 heavy (non-hydrogen) atoms. The maximum absolute atomic E-state index is 13.7. The molecule has 1 aromatic heterocycles. The third-order valence-corrected chi connectivity index (χ3v) is 8.79. The Bertz CT molecular complexity index is 1110. The van der Waals surface area contributed by atoms with Crippen LogP contribution in [0.2, 0.25) is 5.02 Å². The molecule has 1 saturated heterocycles. The number of morpholine rings is 1. The van der Waals surface area contributed by atoms with Gasteiger partial charge in [-0.1, -0.05) is 51.8 Å². The molecular formula is C30H34BrClFN3O2. The van der Waals surface area contributed by atoms with Crippen molar-refractivity contribution in [2.45, 2.75) is 49.9 Å². The van der Waals surface area contributed by atoms with Crippen molar-refractivity contribution in [1.29, 1.82) is 0 Å².